The summed E-state index contributed by atoms with van der Waals surface area (Å²) >= 11 is 0. The van der Waals surface area contributed by atoms with E-state index < -0.39 is 0 Å². The minimum absolute atomic E-state index is 0.569. The van der Waals surface area contributed by atoms with Crippen LogP contribution in [0.15, 0.2) is 0 Å². The first-order valence-electron chi connectivity index (χ1n) is 7.91. The Morgan fingerprint density at radius 3 is 2.67 bits per heavy atom. The minimum atomic E-state index is 0.569. The van der Waals surface area contributed by atoms with Crippen molar-refractivity contribution in [2.75, 3.05) is 20.1 Å². The van der Waals surface area contributed by atoms with Crippen LogP contribution in [0.5, 0.6) is 0 Å². The number of likely N-dealkylation sites (N-methyl/N-ethyl adjacent to an activating group) is 1. The van der Waals surface area contributed by atoms with Gasteiger partial charge in [0.05, 0.1) is 0 Å². The van der Waals surface area contributed by atoms with Gasteiger partial charge in [-0.3, -0.25) is 0 Å². The van der Waals surface area contributed by atoms with Crippen molar-refractivity contribution in [2.24, 2.45) is 11.3 Å². The molecule has 0 spiro atoms. The van der Waals surface area contributed by atoms with E-state index in [2.05, 4.69) is 38.0 Å². The highest BCUT2D eigenvalue weighted by molar-refractivity contribution is 4.88. The molecular weight excluding hydrogens is 220 g/mol. The van der Waals surface area contributed by atoms with Crippen molar-refractivity contribution in [3.63, 3.8) is 0 Å². The summed E-state index contributed by atoms with van der Waals surface area (Å²) < 4.78 is 0. The Kier molecular flexibility index (Phi) is 4.71. The third-order valence-corrected chi connectivity index (χ3v) is 5.23. The molecule has 0 aromatic rings. The summed E-state index contributed by atoms with van der Waals surface area (Å²) in [6.45, 7) is 9.78. The molecule has 3 atom stereocenters. The van der Waals surface area contributed by atoms with Gasteiger partial charge in [-0.15, -0.1) is 0 Å². The van der Waals surface area contributed by atoms with E-state index in [0.717, 1.165) is 18.0 Å². The van der Waals surface area contributed by atoms with E-state index in [1.54, 1.807) is 0 Å². The predicted octanol–water partition coefficient (Wildman–Crippen LogP) is 3.28. The highest BCUT2D eigenvalue weighted by atomic mass is 15.2. The Hall–Kier alpha value is -0.0800. The summed E-state index contributed by atoms with van der Waals surface area (Å²) in [5.41, 5.74) is 0.569. The minimum Gasteiger partial charge on any atom is -0.312 e. The van der Waals surface area contributed by atoms with Crippen LogP contribution < -0.4 is 5.32 Å². The second kappa shape index (κ2) is 5.92. The molecule has 1 N–H and O–H groups in total. The number of hydrogen-bond acceptors (Lipinski definition) is 2. The highest BCUT2D eigenvalue weighted by Gasteiger charge is 2.32. The quantitative estimate of drug-likeness (QED) is 0.829. The molecule has 0 bridgehead atoms. The molecule has 0 radical (unpaired) electrons. The Bertz CT molecular complexity index is 262. The number of rotatable bonds is 3. The predicted molar refractivity (Wildman–Crippen MR) is 78.9 cm³/mol. The first kappa shape index (κ1) is 14.3. The van der Waals surface area contributed by atoms with E-state index in [-0.39, 0.29) is 0 Å². The SMILES string of the molecule is CC1CC(C)(C)CCC1NCC1CCCCN1C. The molecule has 0 amide bonds. The average Bonchev–Trinajstić information content (AvgIpc) is 2.29. The lowest BCUT2D eigenvalue weighted by atomic mass is 9.70. The van der Waals surface area contributed by atoms with E-state index in [9.17, 15) is 0 Å². The first-order chi connectivity index (χ1) is 8.48. The number of nitrogens with zero attached hydrogens (tertiary/aromatic N) is 1. The van der Waals surface area contributed by atoms with Gasteiger partial charge >= 0.3 is 0 Å². The molecule has 1 saturated carbocycles. The van der Waals surface area contributed by atoms with Crippen LogP contribution in [-0.2, 0) is 0 Å². The van der Waals surface area contributed by atoms with Gasteiger partial charge in [0, 0.05) is 18.6 Å². The van der Waals surface area contributed by atoms with E-state index in [1.165, 1.54) is 51.6 Å². The van der Waals surface area contributed by atoms with Crippen molar-refractivity contribution in [2.45, 2.75) is 71.4 Å². The first-order valence-corrected chi connectivity index (χ1v) is 7.91. The van der Waals surface area contributed by atoms with Gasteiger partial charge in [0.2, 0.25) is 0 Å². The normalized spacial score (nSPS) is 37.7. The van der Waals surface area contributed by atoms with Crippen LogP contribution in [0.4, 0.5) is 0 Å². The molecule has 106 valence electrons. The molecule has 2 nitrogen and oxygen atoms in total. The molecule has 2 rings (SSSR count). The van der Waals surface area contributed by atoms with Gasteiger partial charge in [0.1, 0.15) is 0 Å². The number of hydrogen-bond donors (Lipinski definition) is 1. The van der Waals surface area contributed by atoms with Crippen LogP contribution in [0.1, 0.15) is 59.3 Å². The number of nitrogens with one attached hydrogen (secondary N) is 1. The van der Waals surface area contributed by atoms with Gasteiger partial charge in [-0.05, 0) is 57.0 Å². The maximum atomic E-state index is 3.87. The van der Waals surface area contributed by atoms with Crippen molar-refractivity contribution >= 4 is 0 Å². The molecule has 18 heavy (non-hydrogen) atoms. The molecular formula is C16H32N2. The fraction of sp³-hybridized carbons (Fsp3) is 1.00. The van der Waals surface area contributed by atoms with Crippen LogP contribution in [-0.4, -0.2) is 37.1 Å². The number of likely N-dealkylation sites (tertiary alicyclic amines) is 1. The zero-order chi connectivity index (χ0) is 13.2. The van der Waals surface area contributed by atoms with Crippen LogP contribution in [0, 0.1) is 11.3 Å². The third-order valence-electron chi connectivity index (χ3n) is 5.23. The molecule has 2 heteroatoms. The zero-order valence-electron chi connectivity index (χ0n) is 12.8. The van der Waals surface area contributed by atoms with Crippen molar-refractivity contribution in [3.8, 4) is 0 Å². The van der Waals surface area contributed by atoms with Crippen LogP contribution in [0.2, 0.25) is 0 Å². The summed E-state index contributed by atoms with van der Waals surface area (Å²) in [6.07, 6.45) is 8.33. The van der Waals surface area contributed by atoms with E-state index in [4.69, 9.17) is 0 Å². The smallest absolute Gasteiger partial charge is 0.0217 e. The standard InChI is InChI=1S/C16H32N2/c1-13-11-16(2,3)9-8-15(13)17-12-14-7-5-6-10-18(14)4/h13-15,17H,5-12H2,1-4H3. The summed E-state index contributed by atoms with van der Waals surface area (Å²) in [5, 5.41) is 3.87. The Labute approximate surface area is 114 Å². The van der Waals surface area contributed by atoms with E-state index in [1.807, 2.05) is 0 Å². The maximum absolute atomic E-state index is 3.87. The lowest BCUT2D eigenvalue weighted by Crippen LogP contribution is -2.49. The monoisotopic (exact) mass is 252 g/mol. The summed E-state index contributed by atoms with van der Waals surface area (Å²) in [5.74, 6) is 0.836. The Morgan fingerprint density at radius 2 is 2.00 bits per heavy atom. The van der Waals surface area contributed by atoms with E-state index in [0.29, 0.717) is 5.41 Å². The molecule has 0 aromatic carbocycles. The summed E-state index contributed by atoms with van der Waals surface area (Å²) in [7, 11) is 2.29. The summed E-state index contributed by atoms with van der Waals surface area (Å²) in [4.78, 5) is 2.55. The molecule has 3 unspecified atom stereocenters. The lowest BCUT2D eigenvalue weighted by molar-refractivity contribution is 0.130. The lowest BCUT2D eigenvalue weighted by Gasteiger charge is -2.41. The average molecular weight is 252 g/mol. The second-order valence-electron chi connectivity index (χ2n) is 7.53. The van der Waals surface area contributed by atoms with Crippen molar-refractivity contribution in [1.82, 2.24) is 10.2 Å². The molecule has 1 heterocycles. The van der Waals surface area contributed by atoms with Crippen LogP contribution in [0.3, 0.4) is 0 Å². The van der Waals surface area contributed by atoms with Gasteiger partial charge in [-0.2, -0.15) is 0 Å². The second-order valence-corrected chi connectivity index (χ2v) is 7.53. The van der Waals surface area contributed by atoms with Gasteiger partial charge < -0.3 is 10.2 Å². The Balaban J connectivity index is 1.76. The van der Waals surface area contributed by atoms with Crippen LogP contribution >= 0.6 is 0 Å². The van der Waals surface area contributed by atoms with Crippen molar-refractivity contribution < 1.29 is 0 Å². The maximum Gasteiger partial charge on any atom is 0.0217 e. The van der Waals surface area contributed by atoms with Gasteiger partial charge in [0.25, 0.3) is 0 Å². The van der Waals surface area contributed by atoms with Crippen molar-refractivity contribution in [1.29, 1.82) is 0 Å². The van der Waals surface area contributed by atoms with Crippen molar-refractivity contribution in [3.05, 3.63) is 0 Å². The molecule has 0 aromatic heterocycles. The topological polar surface area (TPSA) is 15.3 Å². The fourth-order valence-corrected chi connectivity index (χ4v) is 3.94. The molecule has 2 aliphatic rings. The highest BCUT2D eigenvalue weighted by Crippen LogP contribution is 2.38. The number of piperidine rings is 1. The summed E-state index contributed by atoms with van der Waals surface area (Å²) in [6, 6.07) is 1.54. The molecule has 1 saturated heterocycles. The largest absolute Gasteiger partial charge is 0.312 e. The van der Waals surface area contributed by atoms with Gasteiger partial charge in [-0.1, -0.05) is 27.2 Å². The molecule has 1 aliphatic carbocycles. The molecule has 2 fully saturated rings. The third kappa shape index (κ3) is 3.71. The fourth-order valence-electron chi connectivity index (χ4n) is 3.94. The van der Waals surface area contributed by atoms with E-state index >= 15 is 0 Å². The molecule has 1 aliphatic heterocycles. The van der Waals surface area contributed by atoms with Gasteiger partial charge in [0.15, 0.2) is 0 Å². The van der Waals surface area contributed by atoms with Gasteiger partial charge in [-0.25, -0.2) is 0 Å². The Morgan fingerprint density at radius 1 is 1.22 bits per heavy atom. The zero-order valence-corrected chi connectivity index (χ0v) is 12.8. The van der Waals surface area contributed by atoms with Crippen LogP contribution in [0.25, 0.3) is 0 Å².